The summed E-state index contributed by atoms with van der Waals surface area (Å²) in [6.45, 7) is 4.18. The summed E-state index contributed by atoms with van der Waals surface area (Å²) in [7, 11) is 0. The maximum atomic E-state index is 9.84. The van der Waals surface area contributed by atoms with E-state index in [1.165, 1.54) is 32.1 Å². The average molecular weight is 277 g/mol. The molecule has 0 spiro atoms. The van der Waals surface area contributed by atoms with Crippen LogP contribution in [0.25, 0.3) is 0 Å². The predicted octanol–water partition coefficient (Wildman–Crippen LogP) is 5.02. The number of nitrogens with zero attached hydrogens (tertiary/aromatic N) is 1. The number of aryl methyl sites for hydroxylation is 1. The van der Waals surface area contributed by atoms with Gasteiger partial charge >= 0.3 is 0 Å². The zero-order valence-electron chi connectivity index (χ0n) is 12.7. The third-order valence-electron chi connectivity index (χ3n) is 3.60. The number of hydrogen-bond acceptors (Lipinski definition) is 3. The third kappa shape index (κ3) is 5.64. The van der Waals surface area contributed by atoms with Gasteiger partial charge in [0.1, 0.15) is 5.75 Å². The highest BCUT2D eigenvalue weighted by Crippen LogP contribution is 2.21. The van der Waals surface area contributed by atoms with Crippen molar-refractivity contribution in [2.75, 3.05) is 0 Å². The Hall–Kier alpha value is -1.51. The normalized spacial score (nSPS) is 11.8. The van der Waals surface area contributed by atoms with Gasteiger partial charge in [0.05, 0.1) is 5.71 Å². The fraction of sp³-hybridized carbons (Fsp3) is 0.588. The van der Waals surface area contributed by atoms with Crippen LogP contribution in [0.5, 0.6) is 5.75 Å². The summed E-state index contributed by atoms with van der Waals surface area (Å²) in [4.78, 5) is 0. The first-order chi connectivity index (χ1) is 9.69. The number of phenols is 1. The quantitative estimate of drug-likeness (QED) is 0.288. The number of hydrogen-bond donors (Lipinski definition) is 2. The van der Waals surface area contributed by atoms with E-state index >= 15 is 0 Å². The molecule has 3 heteroatoms. The van der Waals surface area contributed by atoms with Crippen LogP contribution < -0.4 is 0 Å². The van der Waals surface area contributed by atoms with Crippen molar-refractivity contribution in [2.45, 2.75) is 65.2 Å². The summed E-state index contributed by atoms with van der Waals surface area (Å²) < 4.78 is 0. The largest absolute Gasteiger partial charge is 0.507 e. The van der Waals surface area contributed by atoms with Crippen molar-refractivity contribution in [1.29, 1.82) is 0 Å². The summed E-state index contributed by atoms with van der Waals surface area (Å²) >= 11 is 0. The van der Waals surface area contributed by atoms with Gasteiger partial charge in [0.2, 0.25) is 0 Å². The van der Waals surface area contributed by atoms with E-state index < -0.39 is 0 Å². The highest BCUT2D eigenvalue weighted by molar-refractivity contribution is 6.02. The summed E-state index contributed by atoms with van der Waals surface area (Å²) in [5.41, 5.74) is 2.29. The summed E-state index contributed by atoms with van der Waals surface area (Å²) in [6.07, 6.45) is 9.29. The average Bonchev–Trinajstić information content (AvgIpc) is 2.45. The number of aromatic hydroxyl groups is 1. The molecule has 0 amide bonds. The summed E-state index contributed by atoms with van der Waals surface area (Å²) in [6, 6.07) is 5.37. The highest BCUT2D eigenvalue weighted by Gasteiger charge is 2.09. The van der Waals surface area contributed by atoms with Gasteiger partial charge in [-0.2, -0.15) is 0 Å². The van der Waals surface area contributed by atoms with Crippen molar-refractivity contribution >= 4 is 5.71 Å². The standard InChI is InChI=1S/C17H27NO2/c1-3-4-5-6-7-8-9-10-16(18-20)15-13-14(2)11-12-17(15)19/h11-13,19-20H,3-10H2,1-2H3/b18-16-. The topological polar surface area (TPSA) is 52.8 Å². The lowest BCUT2D eigenvalue weighted by Gasteiger charge is -2.08. The van der Waals surface area contributed by atoms with Crippen molar-refractivity contribution in [3.05, 3.63) is 29.3 Å². The maximum absolute atomic E-state index is 9.84. The fourth-order valence-corrected chi connectivity index (χ4v) is 2.37. The molecule has 1 aromatic carbocycles. The van der Waals surface area contributed by atoms with Gasteiger partial charge < -0.3 is 10.3 Å². The Morgan fingerprint density at radius 3 is 2.35 bits per heavy atom. The second-order valence-corrected chi connectivity index (χ2v) is 5.44. The minimum Gasteiger partial charge on any atom is -0.507 e. The van der Waals surface area contributed by atoms with Gasteiger partial charge in [-0.15, -0.1) is 0 Å². The SMILES string of the molecule is CCCCCCCCC/C(=N/O)c1cc(C)ccc1O. The van der Waals surface area contributed by atoms with Gasteiger partial charge in [0, 0.05) is 5.56 Å². The van der Waals surface area contributed by atoms with E-state index in [2.05, 4.69) is 12.1 Å². The van der Waals surface area contributed by atoms with Gasteiger partial charge in [-0.05, 0) is 31.9 Å². The molecule has 0 aliphatic carbocycles. The van der Waals surface area contributed by atoms with Crippen LogP contribution in [0.2, 0.25) is 0 Å². The lowest BCUT2D eigenvalue weighted by Crippen LogP contribution is -2.02. The minimum atomic E-state index is 0.186. The van der Waals surface area contributed by atoms with Gasteiger partial charge in [-0.25, -0.2) is 0 Å². The lowest BCUT2D eigenvalue weighted by molar-refractivity contribution is 0.317. The van der Waals surface area contributed by atoms with E-state index in [0.29, 0.717) is 17.7 Å². The van der Waals surface area contributed by atoms with Crippen LogP contribution in [0.4, 0.5) is 0 Å². The van der Waals surface area contributed by atoms with E-state index in [1.54, 1.807) is 6.07 Å². The molecule has 1 aromatic rings. The van der Waals surface area contributed by atoms with E-state index in [4.69, 9.17) is 5.21 Å². The van der Waals surface area contributed by atoms with E-state index in [-0.39, 0.29) is 5.75 Å². The first-order valence-electron chi connectivity index (χ1n) is 7.70. The van der Waals surface area contributed by atoms with E-state index in [1.807, 2.05) is 19.1 Å². The Morgan fingerprint density at radius 2 is 1.70 bits per heavy atom. The predicted molar refractivity (Wildman–Crippen MR) is 83.8 cm³/mol. The number of rotatable bonds is 9. The molecule has 2 N–H and O–H groups in total. The first kappa shape index (κ1) is 16.5. The second-order valence-electron chi connectivity index (χ2n) is 5.44. The molecule has 0 bridgehead atoms. The molecule has 0 fully saturated rings. The van der Waals surface area contributed by atoms with Crippen LogP contribution in [0.3, 0.4) is 0 Å². The maximum Gasteiger partial charge on any atom is 0.124 e. The summed E-state index contributed by atoms with van der Waals surface area (Å²) in [5.74, 6) is 0.186. The van der Waals surface area contributed by atoms with E-state index in [0.717, 1.165) is 18.4 Å². The molecule has 0 unspecified atom stereocenters. The Kier molecular flexibility index (Phi) is 7.78. The van der Waals surface area contributed by atoms with Gasteiger partial charge in [-0.1, -0.05) is 62.2 Å². The van der Waals surface area contributed by atoms with Gasteiger partial charge in [-0.3, -0.25) is 0 Å². The molecule has 0 saturated heterocycles. The molecule has 0 aliphatic heterocycles. The van der Waals surface area contributed by atoms with Crippen molar-refractivity contribution in [3.63, 3.8) is 0 Å². The van der Waals surface area contributed by atoms with Crippen molar-refractivity contribution < 1.29 is 10.3 Å². The smallest absolute Gasteiger partial charge is 0.124 e. The Labute approximate surface area is 122 Å². The van der Waals surface area contributed by atoms with Gasteiger partial charge in [0.25, 0.3) is 0 Å². The fourth-order valence-electron chi connectivity index (χ4n) is 2.37. The van der Waals surface area contributed by atoms with Crippen LogP contribution in [0.15, 0.2) is 23.4 Å². The second kappa shape index (κ2) is 9.40. The van der Waals surface area contributed by atoms with E-state index in [9.17, 15) is 5.11 Å². The zero-order valence-corrected chi connectivity index (χ0v) is 12.7. The monoisotopic (exact) mass is 277 g/mol. The van der Waals surface area contributed by atoms with Crippen molar-refractivity contribution in [3.8, 4) is 5.75 Å². The highest BCUT2D eigenvalue weighted by atomic mass is 16.4. The number of benzene rings is 1. The molecule has 1 rings (SSSR count). The molecule has 20 heavy (non-hydrogen) atoms. The molecule has 112 valence electrons. The Bertz CT molecular complexity index is 427. The molecule has 0 saturated carbocycles. The Balaban J connectivity index is 2.39. The molecule has 0 radical (unpaired) electrons. The van der Waals surface area contributed by atoms with Crippen LogP contribution in [0.1, 0.15) is 69.4 Å². The molecule has 0 atom stereocenters. The lowest BCUT2D eigenvalue weighted by atomic mass is 10.0. The van der Waals surface area contributed by atoms with Crippen LogP contribution >= 0.6 is 0 Å². The van der Waals surface area contributed by atoms with Gasteiger partial charge in [0.15, 0.2) is 0 Å². The molecular weight excluding hydrogens is 250 g/mol. The molecule has 0 aromatic heterocycles. The number of phenolic OH excluding ortho intramolecular Hbond substituents is 1. The van der Waals surface area contributed by atoms with Crippen molar-refractivity contribution in [2.24, 2.45) is 5.16 Å². The van der Waals surface area contributed by atoms with Crippen LogP contribution in [0, 0.1) is 6.92 Å². The Morgan fingerprint density at radius 1 is 1.05 bits per heavy atom. The number of unbranched alkanes of at least 4 members (excludes halogenated alkanes) is 6. The molecule has 3 nitrogen and oxygen atoms in total. The number of oxime groups is 1. The van der Waals surface area contributed by atoms with Crippen LogP contribution in [-0.2, 0) is 0 Å². The molecular formula is C17H27NO2. The minimum absolute atomic E-state index is 0.186. The summed E-state index contributed by atoms with van der Waals surface area (Å²) in [5, 5.41) is 22.4. The van der Waals surface area contributed by atoms with Crippen LogP contribution in [-0.4, -0.2) is 16.0 Å². The molecule has 0 aliphatic rings. The third-order valence-corrected chi connectivity index (χ3v) is 3.60. The first-order valence-corrected chi connectivity index (χ1v) is 7.70. The van der Waals surface area contributed by atoms with Crippen molar-refractivity contribution in [1.82, 2.24) is 0 Å². The molecule has 0 heterocycles. The zero-order chi connectivity index (χ0) is 14.8.